The molecule has 0 bridgehead atoms. The van der Waals surface area contributed by atoms with Crippen molar-refractivity contribution in [3.63, 3.8) is 0 Å². The summed E-state index contributed by atoms with van der Waals surface area (Å²) in [5.41, 5.74) is 6.13. The van der Waals surface area contributed by atoms with Gasteiger partial charge in [0.1, 0.15) is 0 Å². The van der Waals surface area contributed by atoms with E-state index in [0.717, 1.165) is 19.3 Å². The van der Waals surface area contributed by atoms with Crippen molar-refractivity contribution in [2.75, 3.05) is 19.8 Å². The topological polar surface area (TPSA) is 38.5 Å². The van der Waals surface area contributed by atoms with E-state index in [9.17, 15) is 0 Å². The maximum absolute atomic E-state index is 6.13. The van der Waals surface area contributed by atoms with Gasteiger partial charge < -0.3 is 10.5 Å². The Morgan fingerprint density at radius 3 is 2.81 bits per heavy atom. The monoisotopic (exact) mass is 226 g/mol. The summed E-state index contributed by atoms with van der Waals surface area (Å²) >= 11 is 0. The first-order valence-electron chi connectivity index (χ1n) is 6.88. The van der Waals surface area contributed by atoms with Gasteiger partial charge in [-0.1, -0.05) is 6.42 Å². The average molecular weight is 226 g/mol. The van der Waals surface area contributed by atoms with Gasteiger partial charge in [-0.15, -0.1) is 0 Å². The van der Waals surface area contributed by atoms with E-state index in [0.29, 0.717) is 12.1 Å². The van der Waals surface area contributed by atoms with Crippen molar-refractivity contribution in [1.29, 1.82) is 0 Å². The maximum atomic E-state index is 6.13. The first-order chi connectivity index (χ1) is 7.79. The molecule has 0 aromatic heterocycles. The van der Waals surface area contributed by atoms with E-state index < -0.39 is 0 Å². The summed E-state index contributed by atoms with van der Waals surface area (Å²) in [7, 11) is 0. The van der Waals surface area contributed by atoms with Gasteiger partial charge in [0, 0.05) is 31.3 Å². The van der Waals surface area contributed by atoms with Crippen LogP contribution in [0, 0.1) is 0 Å². The third-order valence-electron chi connectivity index (χ3n) is 4.09. The Hall–Kier alpha value is -0.120. The highest BCUT2D eigenvalue weighted by Crippen LogP contribution is 2.26. The van der Waals surface area contributed by atoms with Crippen LogP contribution in [0.2, 0.25) is 0 Å². The lowest BCUT2D eigenvalue weighted by Gasteiger charge is -2.42. The fourth-order valence-electron chi connectivity index (χ4n) is 3.22. The van der Waals surface area contributed by atoms with Crippen molar-refractivity contribution in [2.45, 2.75) is 63.6 Å². The van der Waals surface area contributed by atoms with Crippen LogP contribution in [0.4, 0.5) is 0 Å². The molecule has 0 aromatic rings. The molecule has 0 aliphatic carbocycles. The lowest BCUT2D eigenvalue weighted by atomic mass is 9.93. The highest BCUT2D eigenvalue weighted by molar-refractivity contribution is 4.88. The average Bonchev–Trinajstić information content (AvgIpc) is 2.57. The maximum Gasteiger partial charge on any atom is 0.0480 e. The quantitative estimate of drug-likeness (QED) is 0.779. The number of nitrogens with zero attached hydrogens (tertiary/aromatic N) is 1. The summed E-state index contributed by atoms with van der Waals surface area (Å²) in [5.74, 6) is 0. The molecule has 3 atom stereocenters. The van der Waals surface area contributed by atoms with Crippen LogP contribution in [0.3, 0.4) is 0 Å². The Labute approximate surface area is 99.3 Å². The molecule has 2 saturated heterocycles. The van der Waals surface area contributed by atoms with E-state index in [1.54, 1.807) is 0 Å². The van der Waals surface area contributed by atoms with Crippen molar-refractivity contribution in [1.82, 2.24) is 4.90 Å². The van der Waals surface area contributed by atoms with E-state index in [1.807, 2.05) is 0 Å². The van der Waals surface area contributed by atoms with Gasteiger partial charge in [-0.3, -0.25) is 4.90 Å². The SMILES string of the molecule is CC(N)C1CCCCN1C1CCCOCC1. The van der Waals surface area contributed by atoms with Crippen LogP contribution in [0.1, 0.15) is 45.4 Å². The molecule has 2 aliphatic heterocycles. The second-order valence-corrected chi connectivity index (χ2v) is 5.36. The standard InChI is InChI=1S/C13H26N2O/c1-11(14)13-6-2-3-8-15(13)12-5-4-9-16-10-7-12/h11-13H,2-10,14H2,1H3. The van der Waals surface area contributed by atoms with Crippen molar-refractivity contribution >= 4 is 0 Å². The van der Waals surface area contributed by atoms with Crippen LogP contribution < -0.4 is 5.73 Å². The molecular weight excluding hydrogens is 200 g/mol. The molecule has 2 N–H and O–H groups in total. The molecule has 0 spiro atoms. The minimum absolute atomic E-state index is 0.310. The van der Waals surface area contributed by atoms with Gasteiger partial charge in [-0.25, -0.2) is 0 Å². The third-order valence-corrected chi connectivity index (χ3v) is 4.09. The van der Waals surface area contributed by atoms with Crippen molar-refractivity contribution in [2.24, 2.45) is 5.73 Å². The van der Waals surface area contributed by atoms with Crippen molar-refractivity contribution in [3.05, 3.63) is 0 Å². The minimum atomic E-state index is 0.310. The third kappa shape index (κ3) is 2.96. The minimum Gasteiger partial charge on any atom is -0.381 e. The van der Waals surface area contributed by atoms with Crippen LogP contribution in [-0.2, 0) is 4.74 Å². The Bertz CT molecular complexity index is 200. The van der Waals surface area contributed by atoms with E-state index >= 15 is 0 Å². The summed E-state index contributed by atoms with van der Waals surface area (Å²) in [5, 5.41) is 0. The molecule has 3 heteroatoms. The zero-order valence-electron chi connectivity index (χ0n) is 10.5. The molecule has 3 nitrogen and oxygen atoms in total. The summed E-state index contributed by atoms with van der Waals surface area (Å²) in [6.07, 6.45) is 7.70. The second kappa shape index (κ2) is 5.99. The summed E-state index contributed by atoms with van der Waals surface area (Å²) in [6.45, 7) is 5.30. The van der Waals surface area contributed by atoms with Crippen LogP contribution in [0.5, 0.6) is 0 Å². The van der Waals surface area contributed by atoms with Crippen LogP contribution in [0.15, 0.2) is 0 Å². The zero-order chi connectivity index (χ0) is 11.4. The molecule has 3 unspecified atom stereocenters. The van der Waals surface area contributed by atoms with Gasteiger partial charge in [0.2, 0.25) is 0 Å². The first-order valence-corrected chi connectivity index (χ1v) is 6.88. The van der Waals surface area contributed by atoms with Crippen LogP contribution in [-0.4, -0.2) is 42.8 Å². The highest BCUT2D eigenvalue weighted by Gasteiger charge is 2.31. The molecule has 0 radical (unpaired) electrons. The molecule has 0 amide bonds. The molecule has 2 heterocycles. The van der Waals surface area contributed by atoms with Gasteiger partial charge in [0.15, 0.2) is 0 Å². The molecule has 2 aliphatic rings. The van der Waals surface area contributed by atoms with Gasteiger partial charge >= 0.3 is 0 Å². The van der Waals surface area contributed by atoms with E-state index in [-0.39, 0.29) is 0 Å². The zero-order valence-corrected chi connectivity index (χ0v) is 10.5. The molecule has 2 rings (SSSR count). The number of hydrogen-bond donors (Lipinski definition) is 1. The number of nitrogens with two attached hydrogens (primary N) is 1. The van der Waals surface area contributed by atoms with Crippen LogP contribution in [0.25, 0.3) is 0 Å². The summed E-state index contributed by atoms with van der Waals surface area (Å²) in [6, 6.07) is 1.64. The van der Waals surface area contributed by atoms with E-state index in [2.05, 4.69) is 11.8 Å². The normalized spacial score (nSPS) is 35.6. The molecular formula is C13H26N2O. The Morgan fingerprint density at radius 1 is 1.12 bits per heavy atom. The number of hydrogen-bond acceptors (Lipinski definition) is 3. The number of ether oxygens (including phenoxy) is 1. The predicted molar refractivity (Wildman–Crippen MR) is 66.5 cm³/mol. The van der Waals surface area contributed by atoms with Gasteiger partial charge in [-0.2, -0.15) is 0 Å². The molecule has 0 saturated carbocycles. The summed E-state index contributed by atoms with van der Waals surface area (Å²) in [4.78, 5) is 2.68. The molecule has 2 fully saturated rings. The Kier molecular flexibility index (Phi) is 4.62. The number of likely N-dealkylation sites (tertiary alicyclic amines) is 1. The van der Waals surface area contributed by atoms with E-state index in [1.165, 1.54) is 45.1 Å². The number of piperidine rings is 1. The van der Waals surface area contributed by atoms with Gasteiger partial charge in [0.05, 0.1) is 0 Å². The van der Waals surface area contributed by atoms with Gasteiger partial charge in [0.25, 0.3) is 0 Å². The first kappa shape index (κ1) is 12.3. The fourth-order valence-corrected chi connectivity index (χ4v) is 3.22. The molecule has 94 valence electrons. The second-order valence-electron chi connectivity index (χ2n) is 5.36. The molecule has 0 aromatic carbocycles. The Balaban J connectivity index is 1.97. The van der Waals surface area contributed by atoms with E-state index in [4.69, 9.17) is 10.5 Å². The predicted octanol–water partition coefficient (Wildman–Crippen LogP) is 1.76. The van der Waals surface area contributed by atoms with Gasteiger partial charge in [-0.05, 0) is 45.6 Å². The molecule has 16 heavy (non-hydrogen) atoms. The Morgan fingerprint density at radius 2 is 2.00 bits per heavy atom. The lowest BCUT2D eigenvalue weighted by Crippen LogP contribution is -2.53. The largest absolute Gasteiger partial charge is 0.381 e. The number of rotatable bonds is 2. The lowest BCUT2D eigenvalue weighted by molar-refractivity contribution is 0.0670. The smallest absolute Gasteiger partial charge is 0.0480 e. The van der Waals surface area contributed by atoms with Crippen molar-refractivity contribution in [3.8, 4) is 0 Å². The fraction of sp³-hybridized carbons (Fsp3) is 1.00. The van der Waals surface area contributed by atoms with Crippen LogP contribution >= 0.6 is 0 Å². The van der Waals surface area contributed by atoms with Crippen molar-refractivity contribution < 1.29 is 4.74 Å². The summed E-state index contributed by atoms with van der Waals surface area (Å²) < 4.78 is 5.55. The highest BCUT2D eigenvalue weighted by atomic mass is 16.5.